The first-order valence-corrected chi connectivity index (χ1v) is 14.3. The van der Waals surface area contributed by atoms with Crippen LogP contribution >= 0.6 is 0 Å². The molecule has 1 amide bonds. The van der Waals surface area contributed by atoms with Gasteiger partial charge in [0.1, 0.15) is 18.8 Å². The largest absolute Gasteiger partial charge is 0.457 e. The van der Waals surface area contributed by atoms with Crippen molar-refractivity contribution in [3.63, 3.8) is 0 Å². The number of carbonyl (C=O) groups excluding carboxylic acids is 4. The van der Waals surface area contributed by atoms with Gasteiger partial charge in [0.15, 0.2) is 18.5 Å². The predicted molar refractivity (Wildman–Crippen MR) is 160 cm³/mol. The van der Waals surface area contributed by atoms with Crippen molar-refractivity contribution in [2.24, 2.45) is 0 Å². The predicted octanol–water partition coefficient (Wildman–Crippen LogP) is 2.52. The molecule has 4 N–H and O–H groups in total. The van der Waals surface area contributed by atoms with Crippen LogP contribution in [0.15, 0.2) is 60.7 Å². The fourth-order valence-electron chi connectivity index (χ4n) is 5.82. The van der Waals surface area contributed by atoms with Gasteiger partial charge in [-0.3, -0.25) is 14.4 Å². The minimum atomic E-state index is -1.29. The highest BCUT2D eigenvalue weighted by Crippen LogP contribution is 2.38. The van der Waals surface area contributed by atoms with E-state index in [2.05, 4.69) is 17.4 Å². The molecule has 1 saturated heterocycles. The minimum absolute atomic E-state index is 0.00835. The lowest BCUT2D eigenvalue weighted by atomic mass is 9.95. The van der Waals surface area contributed by atoms with E-state index in [9.17, 15) is 24.3 Å². The number of esters is 3. The topological polar surface area (TPSA) is 173 Å². The molecule has 5 atom stereocenters. The van der Waals surface area contributed by atoms with Crippen LogP contribution in [0.1, 0.15) is 51.3 Å². The zero-order valence-corrected chi connectivity index (χ0v) is 25.0. The number of amides is 1. The standard InChI is InChI=1S/C33H34N2O10/c1-17(37)43-29-26(15-36)45-33(41-3)28(30(29)44-18(2)38)35-31(39)23-12-7-13-24(27(23)34)32(40)42-16-20-9-6-11-22-21-10-5-4-8-19(21)14-25(20)22/h4-13,26,28-30,33,36H,14-16,34H2,1-3H3,(H,35,39)/t26-,28-,29-,30-,33+/m1/s1. The number of para-hydroxylation sites is 1. The number of methoxy groups -OCH3 is 1. The SMILES string of the molecule is CO[C@H]1O[C@H](CO)[C@@H](OC(C)=O)[C@H](OC(C)=O)[C@H]1NC(=O)c1cccc(C(=O)OCc2cccc3c2Cc2ccccc2-3)c1N. The van der Waals surface area contributed by atoms with Gasteiger partial charge in [0, 0.05) is 21.0 Å². The lowest BCUT2D eigenvalue weighted by Gasteiger charge is -2.44. The average molecular weight is 619 g/mol. The van der Waals surface area contributed by atoms with Crippen LogP contribution in [0.25, 0.3) is 11.1 Å². The van der Waals surface area contributed by atoms with Gasteiger partial charge < -0.3 is 39.8 Å². The molecule has 12 heteroatoms. The molecule has 0 unspecified atom stereocenters. The summed E-state index contributed by atoms with van der Waals surface area (Å²) in [5.74, 6) is -2.93. The van der Waals surface area contributed by atoms with E-state index >= 15 is 0 Å². The van der Waals surface area contributed by atoms with Gasteiger partial charge in [0.05, 0.1) is 23.4 Å². The Hall–Kier alpha value is -4.78. The number of nitrogens with two attached hydrogens (primary N) is 1. The maximum atomic E-state index is 13.5. The zero-order chi connectivity index (χ0) is 32.2. The second kappa shape index (κ2) is 13.5. The van der Waals surface area contributed by atoms with Crippen molar-refractivity contribution in [2.45, 2.75) is 57.5 Å². The highest BCUT2D eigenvalue weighted by molar-refractivity contribution is 6.05. The molecule has 0 radical (unpaired) electrons. The number of aliphatic hydroxyl groups excluding tert-OH is 1. The first kappa shape index (κ1) is 31.6. The van der Waals surface area contributed by atoms with Crippen molar-refractivity contribution in [3.05, 3.63) is 88.5 Å². The van der Waals surface area contributed by atoms with Crippen LogP contribution in [0.5, 0.6) is 0 Å². The maximum absolute atomic E-state index is 13.5. The Morgan fingerprint density at radius 2 is 1.58 bits per heavy atom. The fraction of sp³-hybridized carbons (Fsp3) is 0.333. The number of hydrogen-bond acceptors (Lipinski definition) is 11. The highest BCUT2D eigenvalue weighted by Gasteiger charge is 2.50. The third-order valence-corrected chi connectivity index (χ3v) is 7.84. The van der Waals surface area contributed by atoms with Crippen LogP contribution in [0.2, 0.25) is 0 Å². The molecular weight excluding hydrogens is 584 g/mol. The minimum Gasteiger partial charge on any atom is -0.457 e. The summed E-state index contributed by atoms with van der Waals surface area (Å²) in [6, 6.07) is 17.2. The number of nitrogens with one attached hydrogen (secondary N) is 1. The molecule has 0 bridgehead atoms. The van der Waals surface area contributed by atoms with Gasteiger partial charge in [-0.2, -0.15) is 0 Å². The summed E-state index contributed by atoms with van der Waals surface area (Å²) in [4.78, 5) is 50.6. The van der Waals surface area contributed by atoms with Gasteiger partial charge in [0.2, 0.25) is 0 Å². The molecule has 0 spiro atoms. The number of anilines is 1. The summed E-state index contributed by atoms with van der Waals surface area (Å²) in [5.41, 5.74) is 11.5. The molecule has 45 heavy (non-hydrogen) atoms. The zero-order valence-electron chi connectivity index (χ0n) is 25.0. The number of rotatable bonds is 9. The number of aliphatic hydroxyl groups is 1. The number of ether oxygens (including phenoxy) is 5. The van der Waals surface area contributed by atoms with Gasteiger partial charge >= 0.3 is 17.9 Å². The number of nitrogen functional groups attached to an aromatic ring is 1. The molecular formula is C33H34N2O10. The molecule has 236 valence electrons. The van der Waals surface area contributed by atoms with Crippen molar-refractivity contribution in [1.82, 2.24) is 5.32 Å². The van der Waals surface area contributed by atoms with Crippen LogP contribution in [0.4, 0.5) is 5.69 Å². The fourth-order valence-corrected chi connectivity index (χ4v) is 5.82. The van der Waals surface area contributed by atoms with Crippen molar-refractivity contribution in [2.75, 3.05) is 19.5 Å². The van der Waals surface area contributed by atoms with Gasteiger partial charge in [-0.1, -0.05) is 48.5 Å². The lowest BCUT2D eigenvalue weighted by molar-refractivity contribution is -0.269. The van der Waals surface area contributed by atoms with Crippen LogP contribution in [-0.2, 0) is 46.3 Å². The highest BCUT2D eigenvalue weighted by atomic mass is 16.7. The summed E-state index contributed by atoms with van der Waals surface area (Å²) >= 11 is 0. The second-order valence-electron chi connectivity index (χ2n) is 10.7. The molecule has 5 rings (SSSR count). The molecule has 1 heterocycles. The average Bonchev–Trinajstić information content (AvgIpc) is 3.40. The van der Waals surface area contributed by atoms with Gasteiger partial charge in [-0.25, -0.2) is 4.79 Å². The normalized spacial score (nSPS) is 21.6. The summed E-state index contributed by atoms with van der Waals surface area (Å²) in [5, 5.41) is 12.5. The Balaban J connectivity index is 1.34. The molecule has 3 aromatic rings. The van der Waals surface area contributed by atoms with Crippen LogP contribution in [-0.4, -0.2) is 73.3 Å². The molecule has 1 fully saturated rings. The third kappa shape index (κ3) is 6.53. The number of carbonyl (C=O) groups is 4. The number of benzene rings is 3. The van der Waals surface area contributed by atoms with Crippen molar-refractivity contribution >= 4 is 29.5 Å². The first-order chi connectivity index (χ1) is 21.6. The third-order valence-electron chi connectivity index (χ3n) is 7.84. The maximum Gasteiger partial charge on any atom is 0.340 e. The van der Waals surface area contributed by atoms with Gasteiger partial charge in [0.25, 0.3) is 5.91 Å². The molecule has 2 aliphatic rings. The van der Waals surface area contributed by atoms with Gasteiger partial charge in [-0.15, -0.1) is 0 Å². The molecule has 0 saturated carbocycles. The van der Waals surface area contributed by atoms with Crippen LogP contribution in [0.3, 0.4) is 0 Å². The Kier molecular flexibility index (Phi) is 9.47. The van der Waals surface area contributed by atoms with E-state index in [-0.39, 0.29) is 23.4 Å². The van der Waals surface area contributed by atoms with E-state index < -0.39 is 61.1 Å². The quantitative estimate of drug-likeness (QED) is 0.143. The van der Waals surface area contributed by atoms with E-state index in [0.717, 1.165) is 42.5 Å². The van der Waals surface area contributed by atoms with E-state index in [1.54, 1.807) is 0 Å². The molecule has 12 nitrogen and oxygen atoms in total. The van der Waals surface area contributed by atoms with E-state index in [1.807, 2.05) is 30.3 Å². The van der Waals surface area contributed by atoms with Crippen LogP contribution < -0.4 is 11.1 Å². The van der Waals surface area contributed by atoms with Crippen molar-refractivity contribution in [1.29, 1.82) is 0 Å². The van der Waals surface area contributed by atoms with Gasteiger partial charge in [-0.05, 0) is 46.4 Å². The monoisotopic (exact) mass is 618 g/mol. The summed E-state index contributed by atoms with van der Waals surface area (Å²) < 4.78 is 27.5. The number of fused-ring (bicyclic) bond motifs is 3. The molecule has 1 aliphatic carbocycles. The van der Waals surface area contributed by atoms with E-state index in [0.29, 0.717) is 0 Å². The van der Waals surface area contributed by atoms with E-state index in [1.165, 1.54) is 30.9 Å². The lowest BCUT2D eigenvalue weighted by Crippen LogP contribution is -2.66. The Bertz CT molecular complexity index is 1620. The first-order valence-electron chi connectivity index (χ1n) is 14.3. The van der Waals surface area contributed by atoms with Crippen molar-refractivity contribution in [3.8, 4) is 11.1 Å². The second-order valence-corrected chi connectivity index (χ2v) is 10.7. The van der Waals surface area contributed by atoms with E-state index in [4.69, 9.17) is 29.4 Å². The Morgan fingerprint density at radius 1 is 0.911 bits per heavy atom. The molecule has 0 aromatic heterocycles. The van der Waals surface area contributed by atoms with Crippen LogP contribution in [0, 0.1) is 0 Å². The summed E-state index contributed by atoms with van der Waals surface area (Å²) in [6.45, 7) is 1.70. The number of hydrogen-bond donors (Lipinski definition) is 3. The summed E-state index contributed by atoms with van der Waals surface area (Å²) in [6.07, 6.45) is -4.15. The summed E-state index contributed by atoms with van der Waals surface area (Å²) in [7, 11) is 1.29. The molecule has 3 aromatic carbocycles. The van der Waals surface area contributed by atoms with Crippen molar-refractivity contribution < 1.29 is 48.0 Å². The molecule has 1 aliphatic heterocycles. The Labute approximate surface area is 259 Å². The smallest absolute Gasteiger partial charge is 0.340 e. The Morgan fingerprint density at radius 3 is 2.29 bits per heavy atom.